The lowest BCUT2D eigenvalue weighted by molar-refractivity contribution is 0.301. The van der Waals surface area contributed by atoms with E-state index in [1.165, 1.54) is 0 Å². The van der Waals surface area contributed by atoms with Gasteiger partial charge in [0.15, 0.2) is 0 Å². The van der Waals surface area contributed by atoms with E-state index >= 15 is 0 Å². The maximum atomic E-state index is 8.87. The average molecular weight is 227 g/mol. The van der Waals surface area contributed by atoms with Gasteiger partial charge in [0.05, 0.1) is 23.7 Å². The number of fused-ring (bicyclic) bond motifs is 1. The summed E-state index contributed by atoms with van der Waals surface area (Å²) in [4.78, 5) is 6.21. The average Bonchev–Trinajstić information content (AvgIpc) is 2.55. The van der Waals surface area contributed by atoms with Gasteiger partial charge in [0.2, 0.25) is 0 Å². The summed E-state index contributed by atoms with van der Waals surface area (Å²) >= 11 is 0. The first kappa shape index (κ1) is 11.2. The zero-order valence-corrected chi connectivity index (χ0v) is 9.68. The third-order valence-electron chi connectivity index (χ3n) is 2.65. The molecule has 0 radical (unpaired) electrons. The standard InChI is InChI=1S/C13H13N3O/c1-3-16-6-7-17-12-8-10(9-14)4-5-11(12)13(16)15-2/h3-5,8H,1,6-7H2,2H3. The fraction of sp³-hybridized carbons (Fsp3) is 0.231. The molecule has 2 rings (SSSR count). The van der Waals surface area contributed by atoms with E-state index in [4.69, 9.17) is 10.00 Å². The van der Waals surface area contributed by atoms with Gasteiger partial charge in [-0.15, -0.1) is 0 Å². The van der Waals surface area contributed by atoms with Crippen molar-refractivity contribution >= 4 is 5.84 Å². The molecule has 0 atom stereocenters. The van der Waals surface area contributed by atoms with Crippen LogP contribution in [0.5, 0.6) is 5.75 Å². The van der Waals surface area contributed by atoms with Crippen molar-refractivity contribution in [3.05, 3.63) is 42.1 Å². The second-order valence-corrected chi connectivity index (χ2v) is 3.59. The Kier molecular flexibility index (Phi) is 3.10. The van der Waals surface area contributed by atoms with Crippen molar-refractivity contribution in [1.82, 2.24) is 4.90 Å². The third-order valence-corrected chi connectivity index (χ3v) is 2.65. The van der Waals surface area contributed by atoms with E-state index in [9.17, 15) is 0 Å². The predicted octanol–water partition coefficient (Wildman–Crippen LogP) is 1.77. The molecule has 1 heterocycles. The van der Waals surface area contributed by atoms with Gasteiger partial charge in [-0.2, -0.15) is 5.26 Å². The highest BCUT2D eigenvalue weighted by Gasteiger charge is 2.19. The second kappa shape index (κ2) is 4.71. The Balaban J connectivity index is 2.54. The van der Waals surface area contributed by atoms with Gasteiger partial charge in [-0.25, -0.2) is 0 Å². The number of ether oxygens (including phenoxy) is 1. The number of hydrogen-bond donors (Lipinski definition) is 0. The molecule has 4 heteroatoms. The van der Waals surface area contributed by atoms with E-state index in [1.54, 1.807) is 25.4 Å². The number of rotatable bonds is 1. The summed E-state index contributed by atoms with van der Waals surface area (Å²) < 4.78 is 5.63. The molecule has 0 bridgehead atoms. The Morgan fingerprint density at radius 2 is 2.41 bits per heavy atom. The topological polar surface area (TPSA) is 48.6 Å². The fourth-order valence-corrected chi connectivity index (χ4v) is 1.84. The van der Waals surface area contributed by atoms with Crippen LogP contribution in [0.2, 0.25) is 0 Å². The van der Waals surface area contributed by atoms with Crippen LogP contribution in [-0.4, -0.2) is 30.9 Å². The predicted molar refractivity (Wildman–Crippen MR) is 66.0 cm³/mol. The van der Waals surface area contributed by atoms with Crippen molar-refractivity contribution in [1.29, 1.82) is 5.26 Å². The van der Waals surface area contributed by atoms with Crippen molar-refractivity contribution in [2.45, 2.75) is 0 Å². The molecule has 0 amide bonds. The molecular formula is C13H13N3O. The summed E-state index contributed by atoms with van der Waals surface area (Å²) in [6.07, 6.45) is 1.74. The summed E-state index contributed by atoms with van der Waals surface area (Å²) in [7, 11) is 1.74. The molecule has 0 aromatic heterocycles. The van der Waals surface area contributed by atoms with Crippen LogP contribution >= 0.6 is 0 Å². The fourth-order valence-electron chi connectivity index (χ4n) is 1.84. The van der Waals surface area contributed by atoms with E-state index in [0.29, 0.717) is 24.5 Å². The minimum absolute atomic E-state index is 0.549. The minimum Gasteiger partial charge on any atom is -0.491 e. The first-order chi connectivity index (χ1) is 8.30. The molecule has 1 aromatic carbocycles. The smallest absolute Gasteiger partial charge is 0.138 e. The van der Waals surface area contributed by atoms with Crippen LogP contribution < -0.4 is 4.74 Å². The van der Waals surface area contributed by atoms with Gasteiger partial charge in [0.25, 0.3) is 0 Å². The van der Waals surface area contributed by atoms with E-state index in [-0.39, 0.29) is 0 Å². The molecule has 0 saturated carbocycles. The number of benzene rings is 1. The summed E-state index contributed by atoms with van der Waals surface area (Å²) in [6.45, 7) is 5.02. The van der Waals surface area contributed by atoms with E-state index in [0.717, 1.165) is 11.4 Å². The van der Waals surface area contributed by atoms with Gasteiger partial charge in [0.1, 0.15) is 18.2 Å². The zero-order valence-electron chi connectivity index (χ0n) is 9.68. The number of aliphatic imine (C=N–C) groups is 1. The first-order valence-electron chi connectivity index (χ1n) is 5.33. The summed E-state index contributed by atoms with van der Waals surface area (Å²) in [5.74, 6) is 1.52. The van der Waals surface area contributed by atoms with Crippen LogP contribution in [0.1, 0.15) is 11.1 Å². The van der Waals surface area contributed by atoms with Crippen molar-refractivity contribution in [2.24, 2.45) is 4.99 Å². The minimum atomic E-state index is 0.549. The molecule has 0 saturated heterocycles. The van der Waals surface area contributed by atoms with Crippen LogP contribution in [0.4, 0.5) is 0 Å². The normalized spacial score (nSPS) is 16.7. The molecule has 0 unspecified atom stereocenters. The van der Waals surface area contributed by atoms with Gasteiger partial charge < -0.3 is 9.64 Å². The monoisotopic (exact) mass is 227 g/mol. The molecule has 1 aliphatic rings. The lowest BCUT2D eigenvalue weighted by atomic mass is 10.1. The summed E-state index contributed by atoms with van der Waals surface area (Å²) in [5.41, 5.74) is 1.48. The van der Waals surface area contributed by atoms with Crippen molar-refractivity contribution in [2.75, 3.05) is 20.2 Å². The second-order valence-electron chi connectivity index (χ2n) is 3.59. The van der Waals surface area contributed by atoms with Crippen molar-refractivity contribution in [3.8, 4) is 11.8 Å². The number of nitriles is 1. The van der Waals surface area contributed by atoms with Crippen LogP contribution in [0.15, 0.2) is 36.0 Å². The third kappa shape index (κ3) is 2.00. The number of amidine groups is 1. The Hall–Kier alpha value is -2.28. The van der Waals surface area contributed by atoms with E-state index in [2.05, 4.69) is 17.6 Å². The summed E-state index contributed by atoms with van der Waals surface area (Å²) in [6, 6.07) is 7.47. The number of nitrogens with zero attached hydrogens (tertiary/aromatic N) is 3. The maximum absolute atomic E-state index is 8.87. The Labute approximate surface area is 100 Å². The quantitative estimate of drug-likeness (QED) is 0.734. The van der Waals surface area contributed by atoms with E-state index < -0.39 is 0 Å². The van der Waals surface area contributed by atoms with Gasteiger partial charge in [-0.05, 0) is 24.4 Å². The Morgan fingerprint density at radius 3 is 3.06 bits per heavy atom. The van der Waals surface area contributed by atoms with Gasteiger partial charge in [-0.3, -0.25) is 4.99 Å². The van der Waals surface area contributed by atoms with Gasteiger partial charge in [-0.1, -0.05) is 6.58 Å². The Bertz CT molecular complexity index is 514. The molecular weight excluding hydrogens is 214 g/mol. The van der Waals surface area contributed by atoms with Crippen LogP contribution in [-0.2, 0) is 0 Å². The SMILES string of the molecule is C=CN1CCOc2cc(C#N)ccc2C1=NC. The highest BCUT2D eigenvalue weighted by Crippen LogP contribution is 2.24. The molecule has 0 N–H and O–H groups in total. The molecule has 17 heavy (non-hydrogen) atoms. The highest BCUT2D eigenvalue weighted by atomic mass is 16.5. The van der Waals surface area contributed by atoms with Crippen molar-refractivity contribution < 1.29 is 4.74 Å². The first-order valence-corrected chi connectivity index (χ1v) is 5.33. The van der Waals surface area contributed by atoms with Gasteiger partial charge in [0, 0.05) is 7.05 Å². The van der Waals surface area contributed by atoms with Gasteiger partial charge >= 0.3 is 0 Å². The van der Waals surface area contributed by atoms with E-state index in [1.807, 2.05) is 11.0 Å². The lowest BCUT2D eigenvalue weighted by Crippen LogP contribution is -2.27. The van der Waals surface area contributed by atoms with Crippen LogP contribution in [0.3, 0.4) is 0 Å². The molecule has 0 spiro atoms. The molecule has 1 aromatic rings. The van der Waals surface area contributed by atoms with Crippen molar-refractivity contribution in [3.63, 3.8) is 0 Å². The molecule has 86 valence electrons. The molecule has 1 aliphatic heterocycles. The maximum Gasteiger partial charge on any atom is 0.138 e. The Morgan fingerprint density at radius 1 is 1.59 bits per heavy atom. The molecule has 4 nitrogen and oxygen atoms in total. The largest absolute Gasteiger partial charge is 0.491 e. The van der Waals surface area contributed by atoms with Crippen LogP contribution in [0.25, 0.3) is 0 Å². The summed E-state index contributed by atoms with van der Waals surface area (Å²) in [5, 5.41) is 8.87. The zero-order chi connectivity index (χ0) is 12.3. The van der Waals surface area contributed by atoms with Crippen LogP contribution in [0, 0.1) is 11.3 Å². The number of hydrogen-bond acceptors (Lipinski definition) is 3. The molecule has 0 aliphatic carbocycles. The lowest BCUT2D eigenvalue weighted by Gasteiger charge is -2.18. The molecule has 0 fully saturated rings. The highest BCUT2D eigenvalue weighted by molar-refractivity contribution is 6.02.